The van der Waals surface area contributed by atoms with Crippen LogP contribution >= 0.6 is 0 Å². The van der Waals surface area contributed by atoms with Crippen molar-refractivity contribution in [3.63, 3.8) is 0 Å². The molecule has 1 heterocycles. The lowest BCUT2D eigenvalue weighted by molar-refractivity contribution is 0.479. The van der Waals surface area contributed by atoms with Crippen LogP contribution in [0.15, 0.2) is 66.7 Å². The maximum Gasteiger partial charge on any atom is 0.0542 e. The molecule has 1 aliphatic rings. The second kappa shape index (κ2) is 4.92. The van der Waals surface area contributed by atoms with Crippen molar-refractivity contribution in [3.8, 4) is 0 Å². The zero-order valence-electron chi connectivity index (χ0n) is 12.2. The molecule has 1 N–H and O–H groups in total. The smallest absolute Gasteiger partial charge is 0.0542 e. The number of fused-ring (bicyclic) bond motifs is 2. The van der Waals surface area contributed by atoms with Gasteiger partial charge >= 0.3 is 0 Å². The Labute approximate surface area is 125 Å². The molecule has 0 saturated carbocycles. The number of anilines is 1. The predicted octanol–water partition coefficient (Wildman–Crippen LogP) is 5.19. The van der Waals surface area contributed by atoms with E-state index < -0.39 is 0 Å². The van der Waals surface area contributed by atoms with Crippen molar-refractivity contribution in [2.24, 2.45) is 5.92 Å². The molecule has 0 amide bonds. The highest BCUT2D eigenvalue weighted by Crippen LogP contribution is 2.37. The van der Waals surface area contributed by atoms with Crippen LogP contribution in [0.2, 0.25) is 0 Å². The third kappa shape index (κ3) is 2.19. The van der Waals surface area contributed by atoms with Crippen molar-refractivity contribution in [2.45, 2.75) is 19.4 Å². The first-order chi connectivity index (χ1) is 10.3. The van der Waals surface area contributed by atoms with Gasteiger partial charge in [0.05, 0.1) is 6.04 Å². The summed E-state index contributed by atoms with van der Waals surface area (Å²) in [5, 5.41) is 6.36. The molecule has 21 heavy (non-hydrogen) atoms. The molecule has 0 fully saturated rings. The summed E-state index contributed by atoms with van der Waals surface area (Å²) in [4.78, 5) is 0. The van der Waals surface area contributed by atoms with E-state index in [0.29, 0.717) is 12.0 Å². The Hall–Kier alpha value is -2.28. The maximum atomic E-state index is 3.73. The Balaban J connectivity index is 1.75. The normalized spacial score (nSPS) is 20.8. The highest BCUT2D eigenvalue weighted by molar-refractivity contribution is 5.83. The van der Waals surface area contributed by atoms with E-state index in [9.17, 15) is 0 Å². The lowest BCUT2D eigenvalue weighted by Gasteiger charge is -2.33. The van der Waals surface area contributed by atoms with Gasteiger partial charge in [0.2, 0.25) is 0 Å². The van der Waals surface area contributed by atoms with Crippen molar-refractivity contribution < 1.29 is 0 Å². The molecule has 0 spiro atoms. The van der Waals surface area contributed by atoms with Crippen LogP contribution in [-0.4, -0.2) is 0 Å². The first-order valence-corrected chi connectivity index (χ1v) is 7.64. The van der Waals surface area contributed by atoms with Crippen LogP contribution in [0.1, 0.15) is 24.1 Å². The van der Waals surface area contributed by atoms with Crippen LogP contribution in [-0.2, 0) is 6.42 Å². The van der Waals surface area contributed by atoms with E-state index in [0.717, 1.165) is 6.42 Å². The molecule has 2 unspecified atom stereocenters. The van der Waals surface area contributed by atoms with Gasteiger partial charge in [-0.15, -0.1) is 0 Å². The molecule has 1 heteroatoms. The SMILES string of the molecule is CC1Cc2ccccc2NC1c1ccc2ccccc2c1. The van der Waals surface area contributed by atoms with Crippen molar-refractivity contribution >= 4 is 16.5 Å². The van der Waals surface area contributed by atoms with Gasteiger partial charge in [-0.1, -0.05) is 61.5 Å². The summed E-state index contributed by atoms with van der Waals surface area (Å²) < 4.78 is 0. The summed E-state index contributed by atoms with van der Waals surface area (Å²) in [6, 6.07) is 24.5. The fraction of sp³-hybridized carbons (Fsp3) is 0.200. The molecule has 104 valence electrons. The van der Waals surface area contributed by atoms with Crippen molar-refractivity contribution in [1.82, 2.24) is 0 Å². The average Bonchev–Trinajstić information content (AvgIpc) is 2.54. The lowest BCUT2D eigenvalue weighted by Crippen LogP contribution is -2.25. The first-order valence-electron chi connectivity index (χ1n) is 7.64. The molecule has 1 nitrogen and oxygen atoms in total. The molecule has 0 saturated heterocycles. The fourth-order valence-electron chi connectivity index (χ4n) is 3.43. The number of para-hydroxylation sites is 1. The number of hydrogen-bond acceptors (Lipinski definition) is 1. The lowest BCUT2D eigenvalue weighted by atomic mass is 9.84. The minimum absolute atomic E-state index is 0.393. The molecule has 0 aliphatic carbocycles. The van der Waals surface area contributed by atoms with E-state index in [1.165, 1.54) is 27.6 Å². The Kier molecular flexibility index (Phi) is 2.92. The summed E-state index contributed by atoms with van der Waals surface area (Å²) in [6.45, 7) is 2.34. The molecular formula is C20H19N. The van der Waals surface area contributed by atoms with Gasteiger partial charge in [0.15, 0.2) is 0 Å². The van der Waals surface area contributed by atoms with E-state index in [-0.39, 0.29) is 0 Å². The van der Waals surface area contributed by atoms with E-state index in [1.807, 2.05) is 0 Å². The zero-order chi connectivity index (χ0) is 14.2. The van der Waals surface area contributed by atoms with Crippen LogP contribution < -0.4 is 5.32 Å². The highest BCUT2D eigenvalue weighted by Gasteiger charge is 2.25. The van der Waals surface area contributed by atoms with E-state index in [1.54, 1.807) is 0 Å². The monoisotopic (exact) mass is 273 g/mol. The Morgan fingerprint density at radius 1 is 0.857 bits per heavy atom. The Bertz CT molecular complexity index is 790. The predicted molar refractivity (Wildman–Crippen MR) is 89.6 cm³/mol. The van der Waals surface area contributed by atoms with Gasteiger partial charge in [0.1, 0.15) is 0 Å². The summed E-state index contributed by atoms with van der Waals surface area (Å²) in [5.74, 6) is 0.598. The van der Waals surface area contributed by atoms with Gasteiger partial charge in [-0.05, 0) is 46.4 Å². The molecular weight excluding hydrogens is 254 g/mol. The van der Waals surface area contributed by atoms with E-state index in [2.05, 4.69) is 79.0 Å². The summed E-state index contributed by atoms with van der Waals surface area (Å²) in [7, 11) is 0. The van der Waals surface area contributed by atoms with Crippen molar-refractivity contribution in [1.29, 1.82) is 0 Å². The van der Waals surface area contributed by atoms with Crippen molar-refractivity contribution in [3.05, 3.63) is 77.9 Å². The van der Waals surface area contributed by atoms with Crippen LogP contribution in [0.25, 0.3) is 10.8 Å². The van der Waals surface area contributed by atoms with Crippen LogP contribution in [0.5, 0.6) is 0 Å². The quantitative estimate of drug-likeness (QED) is 0.643. The molecule has 0 radical (unpaired) electrons. The minimum Gasteiger partial charge on any atom is -0.378 e. The molecule has 0 bridgehead atoms. The Morgan fingerprint density at radius 3 is 2.52 bits per heavy atom. The third-order valence-corrected chi connectivity index (χ3v) is 4.57. The van der Waals surface area contributed by atoms with Gasteiger partial charge < -0.3 is 5.32 Å². The van der Waals surface area contributed by atoms with E-state index >= 15 is 0 Å². The van der Waals surface area contributed by atoms with Crippen molar-refractivity contribution in [2.75, 3.05) is 5.32 Å². The van der Waals surface area contributed by atoms with Gasteiger partial charge in [0.25, 0.3) is 0 Å². The van der Waals surface area contributed by atoms with E-state index in [4.69, 9.17) is 0 Å². The number of rotatable bonds is 1. The third-order valence-electron chi connectivity index (χ3n) is 4.57. The molecule has 2 atom stereocenters. The molecule has 3 aromatic carbocycles. The zero-order valence-corrected chi connectivity index (χ0v) is 12.2. The molecule has 1 aliphatic heterocycles. The topological polar surface area (TPSA) is 12.0 Å². The largest absolute Gasteiger partial charge is 0.378 e. The highest BCUT2D eigenvalue weighted by atomic mass is 14.9. The second-order valence-corrected chi connectivity index (χ2v) is 6.07. The fourth-order valence-corrected chi connectivity index (χ4v) is 3.43. The molecule has 4 rings (SSSR count). The summed E-state index contributed by atoms with van der Waals surface area (Å²) >= 11 is 0. The van der Waals surface area contributed by atoms with Gasteiger partial charge in [-0.2, -0.15) is 0 Å². The van der Waals surface area contributed by atoms with Gasteiger partial charge in [0, 0.05) is 5.69 Å². The summed E-state index contributed by atoms with van der Waals surface area (Å²) in [6.07, 6.45) is 1.14. The first kappa shape index (κ1) is 12.5. The van der Waals surface area contributed by atoms with Crippen LogP contribution in [0.4, 0.5) is 5.69 Å². The van der Waals surface area contributed by atoms with Crippen LogP contribution in [0.3, 0.4) is 0 Å². The Morgan fingerprint density at radius 2 is 1.62 bits per heavy atom. The standard InChI is InChI=1S/C20H19N/c1-14-12-17-8-4-5-9-19(17)21-20(14)18-11-10-15-6-2-3-7-16(15)13-18/h2-11,13-14,20-21H,12H2,1H3. The number of benzene rings is 3. The number of nitrogens with one attached hydrogen (secondary N) is 1. The van der Waals surface area contributed by atoms with Gasteiger partial charge in [-0.3, -0.25) is 0 Å². The number of hydrogen-bond donors (Lipinski definition) is 1. The average molecular weight is 273 g/mol. The molecule has 3 aromatic rings. The molecule has 0 aromatic heterocycles. The summed E-state index contributed by atoms with van der Waals surface area (Å²) in [5.41, 5.74) is 4.10. The maximum absolute atomic E-state index is 3.73. The van der Waals surface area contributed by atoms with Crippen LogP contribution in [0, 0.1) is 5.92 Å². The minimum atomic E-state index is 0.393. The second-order valence-electron chi connectivity index (χ2n) is 6.07. The van der Waals surface area contributed by atoms with Gasteiger partial charge in [-0.25, -0.2) is 0 Å².